The maximum Gasteiger partial charge on any atom is 0.336 e. The monoisotopic (exact) mass is 369 g/mol. The summed E-state index contributed by atoms with van der Waals surface area (Å²) in [5.74, 6) is -1.99. The van der Waals surface area contributed by atoms with Crippen molar-refractivity contribution >= 4 is 11.9 Å². The van der Waals surface area contributed by atoms with Crippen LogP contribution in [0.5, 0.6) is 0 Å². The highest BCUT2D eigenvalue weighted by Crippen LogP contribution is 2.36. The molecule has 0 amide bonds. The van der Waals surface area contributed by atoms with Gasteiger partial charge in [-0.25, -0.2) is 4.79 Å². The summed E-state index contributed by atoms with van der Waals surface area (Å²) >= 11 is 0. The number of aliphatic hydroxyl groups excluding tert-OH is 1. The van der Waals surface area contributed by atoms with E-state index in [-0.39, 0.29) is 18.5 Å². The molecule has 1 aliphatic rings. The molecule has 1 fully saturated rings. The number of carboxylic acids is 2. The van der Waals surface area contributed by atoms with Gasteiger partial charge in [-0.1, -0.05) is 48.5 Å². The zero-order valence-corrected chi connectivity index (χ0v) is 14.9. The molecule has 0 radical (unpaired) electrons. The van der Waals surface area contributed by atoms with Gasteiger partial charge in [-0.15, -0.1) is 0 Å². The van der Waals surface area contributed by atoms with Crippen molar-refractivity contribution in [1.29, 1.82) is 0 Å². The van der Waals surface area contributed by atoms with Crippen LogP contribution in [-0.2, 0) is 17.8 Å². The molecular weight excluding hydrogens is 346 g/mol. The minimum absolute atomic E-state index is 0.188. The largest absolute Gasteiger partial charge is 0.481 e. The van der Waals surface area contributed by atoms with Crippen molar-refractivity contribution in [3.63, 3.8) is 0 Å². The van der Waals surface area contributed by atoms with E-state index in [1.165, 1.54) is 0 Å². The Balaban J connectivity index is 1.76. The van der Waals surface area contributed by atoms with Crippen molar-refractivity contribution in [2.45, 2.75) is 25.5 Å². The maximum atomic E-state index is 12.0. The number of nitrogens with zero attached hydrogens (tertiary/aromatic N) is 1. The van der Waals surface area contributed by atoms with Gasteiger partial charge < -0.3 is 15.3 Å². The third kappa shape index (κ3) is 4.02. The van der Waals surface area contributed by atoms with Gasteiger partial charge in [0.05, 0.1) is 11.7 Å². The molecule has 0 bridgehead atoms. The minimum atomic E-state index is -1.23. The fraction of sp³-hybridized carbons (Fsp3) is 0.333. The van der Waals surface area contributed by atoms with Crippen molar-refractivity contribution in [2.75, 3.05) is 13.1 Å². The predicted molar refractivity (Wildman–Crippen MR) is 99.5 cm³/mol. The lowest BCUT2D eigenvalue weighted by molar-refractivity contribution is -0.163. The van der Waals surface area contributed by atoms with Crippen molar-refractivity contribution in [1.82, 2.24) is 4.90 Å². The summed E-state index contributed by atoms with van der Waals surface area (Å²) in [4.78, 5) is 25.3. The SMILES string of the molecule is O=C(O)c1ccccc1CN1CC[C@](Cc2ccccc2)(C(=O)O)[C@H](O)C1. The molecule has 6 nitrogen and oxygen atoms in total. The van der Waals surface area contributed by atoms with Crippen molar-refractivity contribution in [3.05, 3.63) is 71.3 Å². The number of aliphatic hydroxyl groups is 1. The number of piperidine rings is 1. The number of benzene rings is 2. The van der Waals surface area contributed by atoms with Gasteiger partial charge >= 0.3 is 11.9 Å². The number of β-amino-alcohol motifs (C(OH)–C–C–N with tert-alkyl or cyclic N) is 1. The van der Waals surface area contributed by atoms with Crippen LogP contribution < -0.4 is 0 Å². The summed E-state index contributed by atoms with van der Waals surface area (Å²) in [7, 11) is 0. The minimum Gasteiger partial charge on any atom is -0.481 e. The fourth-order valence-corrected chi connectivity index (χ4v) is 3.78. The summed E-state index contributed by atoms with van der Waals surface area (Å²) in [6.07, 6.45) is -0.474. The fourth-order valence-electron chi connectivity index (χ4n) is 3.78. The summed E-state index contributed by atoms with van der Waals surface area (Å²) in [5.41, 5.74) is 0.530. The van der Waals surface area contributed by atoms with E-state index in [0.717, 1.165) is 5.56 Å². The molecule has 1 aliphatic heterocycles. The topological polar surface area (TPSA) is 98.1 Å². The number of rotatable bonds is 6. The third-order valence-corrected chi connectivity index (χ3v) is 5.37. The van der Waals surface area contributed by atoms with Crippen LogP contribution in [0, 0.1) is 5.41 Å². The second-order valence-electron chi connectivity index (χ2n) is 7.09. The molecule has 1 saturated heterocycles. The third-order valence-electron chi connectivity index (χ3n) is 5.37. The Morgan fingerprint density at radius 3 is 2.33 bits per heavy atom. The van der Waals surface area contributed by atoms with Gasteiger partial charge in [0.1, 0.15) is 5.41 Å². The number of aromatic carboxylic acids is 1. The molecule has 0 aliphatic carbocycles. The van der Waals surface area contributed by atoms with Gasteiger partial charge in [-0.3, -0.25) is 9.69 Å². The van der Waals surface area contributed by atoms with Crippen LogP contribution in [0.25, 0.3) is 0 Å². The molecule has 2 aromatic rings. The van der Waals surface area contributed by atoms with Gasteiger partial charge in [0.2, 0.25) is 0 Å². The molecule has 0 unspecified atom stereocenters. The van der Waals surface area contributed by atoms with Crippen LogP contribution in [0.15, 0.2) is 54.6 Å². The number of carboxylic acid groups (broad SMARTS) is 2. The predicted octanol–water partition coefficient (Wildman–Crippen LogP) is 2.27. The van der Waals surface area contributed by atoms with Crippen LogP contribution in [0.2, 0.25) is 0 Å². The van der Waals surface area contributed by atoms with Crippen molar-refractivity contribution in [3.8, 4) is 0 Å². The van der Waals surface area contributed by atoms with Crippen molar-refractivity contribution < 1.29 is 24.9 Å². The molecule has 2 atom stereocenters. The van der Waals surface area contributed by atoms with Crippen LogP contribution in [0.4, 0.5) is 0 Å². The first-order chi connectivity index (χ1) is 12.9. The van der Waals surface area contributed by atoms with Gasteiger partial charge in [0.15, 0.2) is 0 Å². The van der Waals surface area contributed by atoms with E-state index in [0.29, 0.717) is 25.1 Å². The second-order valence-corrected chi connectivity index (χ2v) is 7.09. The highest BCUT2D eigenvalue weighted by Gasteiger charge is 2.48. The number of likely N-dealkylation sites (tertiary alicyclic amines) is 1. The molecule has 1 heterocycles. The molecule has 2 aromatic carbocycles. The van der Waals surface area contributed by atoms with Crippen LogP contribution in [0.1, 0.15) is 27.9 Å². The van der Waals surface area contributed by atoms with E-state index in [4.69, 9.17) is 0 Å². The molecule has 0 spiro atoms. The maximum absolute atomic E-state index is 12.0. The number of hydrogen-bond donors (Lipinski definition) is 3. The molecule has 27 heavy (non-hydrogen) atoms. The normalized spacial score (nSPS) is 23.1. The Morgan fingerprint density at radius 2 is 1.70 bits per heavy atom. The second kappa shape index (κ2) is 7.90. The van der Waals surface area contributed by atoms with Gasteiger partial charge in [0.25, 0.3) is 0 Å². The lowest BCUT2D eigenvalue weighted by Crippen LogP contribution is -2.55. The quantitative estimate of drug-likeness (QED) is 0.723. The Morgan fingerprint density at radius 1 is 1.04 bits per heavy atom. The van der Waals surface area contributed by atoms with Crippen LogP contribution in [0.3, 0.4) is 0 Å². The molecule has 0 aromatic heterocycles. The Kier molecular flexibility index (Phi) is 5.58. The smallest absolute Gasteiger partial charge is 0.336 e. The molecule has 3 N–H and O–H groups in total. The molecule has 3 rings (SSSR count). The molecule has 6 heteroatoms. The van der Waals surface area contributed by atoms with Crippen molar-refractivity contribution in [2.24, 2.45) is 5.41 Å². The van der Waals surface area contributed by atoms with Crippen LogP contribution in [-0.4, -0.2) is 51.4 Å². The average Bonchev–Trinajstić information content (AvgIpc) is 2.65. The lowest BCUT2D eigenvalue weighted by atomic mass is 9.71. The van der Waals surface area contributed by atoms with Gasteiger partial charge in [-0.05, 0) is 36.6 Å². The standard InChI is InChI=1S/C21H23NO5/c23-18-14-22(13-16-8-4-5-9-17(16)19(24)25)11-10-21(18,20(26)27)12-15-6-2-1-3-7-15/h1-9,18,23H,10-14H2,(H,24,25)(H,26,27)/t18-,21-/m1/s1. The number of aliphatic carboxylic acids is 1. The van der Waals surface area contributed by atoms with E-state index in [9.17, 15) is 24.9 Å². The Hall–Kier alpha value is -2.70. The molecular formula is C21H23NO5. The summed E-state index contributed by atoms with van der Waals surface area (Å²) in [6.45, 7) is 1.03. The van der Waals surface area contributed by atoms with E-state index >= 15 is 0 Å². The molecule has 142 valence electrons. The zero-order valence-electron chi connectivity index (χ0n) is 14.9. The van der Waals surface area contributed by atoms with Crippen LogP contribution >= 0.6 is 0 Å². The van der Waals surface area contributed by atoms with Gasteiger partial charge in [0, 0.05) is 13.1 Å². The van der Waals surface area contributed by atoms with E-state index in [2.05, 4.69) is 0 Å². The van der Waals surface area contributed by atoms with E-state index in [1.54, 1.807) is 24.3 Å². The highest BCUT2D eigenvalue weighted by molar-refractivity contribution is 5.89. The first-order valence-electron chi connectivity index (χ1n) is 8.91. The molecule has 0 saturated carbocycles. The summed E-state index contributed by atoms with van der Waals surface area (Å²) < 4.78 is 0. The average molecular weight is 369 g/mol. The van der Waals surface area contributed by atoms with E-state index in [1.807, 2.05) is 35.2 Å². The van der Waals surface area contributed by atoms with Gasteiger partial charge in [-0.2, -0.15) is 0 Å². The Labute approximate surface area is 157 Å². The first kappa shape index (κ1) is 19.1. The highest BCUT2D eigenvalue weighted by atomic mass is 16.4. The zero-order chi connectivity index (χ0) is 19.4. The Bertz CT molecular complexity index is 822. The summed E-state index contributed by atoms with van der Waals surface area (Å²) in [6, 6.07) is 16.1. The first-order valence-corrected chi connectivity index (χ1v) is 8.91. The number of carbonyl (C=O) groups is 2. The summed E-state index contributed by atoms with van der Waals surface area (Å²) in [5, 5.41) is 29.9. The lowest BCUT2D eigenvalue weighted by Gasteiger charge is -2.43. The number of hydrogen-bond acceptors (Lipinski definition) is 4. The van der Waals surface area contributed by atoms with E-state index < -0.39 is 23.5 Å².